The topological polar surface area (TPSA) is 78.4 Å². The number of rotatable bonds is 7. The lowest BCUT2D eigenvalue weighted by Crippen LogP contribution is -2.45. The van der Waals surface area contributed by atoms with Crippen molar-refractivity contribution < 1.29 is 14.7 Å². The zero-order valence-electron chi connectivity index (χ0n) is 13.2. The minimum absolute atomic E-state index is 0.0331. The van der Waals surface area contributed by atoms with E-state index < -0.39 is 0 Å². The molecule has 0 saturated heterocycles. The number of fused-ring (bicyclic) bond motifs is 2. The van der Waals surface area contributed by atoms with Gasteiger partial charge in [-0.3, -0.25) is 9.59 Å². The fraction of sp³-hybridized carbons (Fsp3) is 0.647. The summed E-state index contributed by atoms with van der Waals surface area (Å²) in [6.07, 6.45) is 4.55. The Hall–Kier alpha value is -1.40. The van der Waals surface area contributed by atoms with E-state index in [2.05, 4.69) is 10.6 Å². The Labute approximate surface area is 140 Å². The highest BCUT2D eigenvalue weighted by Crippen LogP contribution is 2.48. The summed E-state index contributed by atoms with van der Waals surface area (Å²) in [5.74, 6) is 1.31. The third kappa shape index (κ3) is 3.75. The van der Waals surface area contributed by atoms with E-state index in [9.17, 15) is 14.7 Å². The lowest BCUT2D eigenvalue weighted by atomic mass is 9.85. The quantitative estimate of drug-likeness (QED) is 0.664. The average Bonchev–Trinajstić information content (AvgIpc) is 3.27. The predicted octanol–water partition coefficient (Wildman–Crippen LogP) is 1.78. The van der Waals surface area contributed by atoms with Crippen LogP contribution in [0, 0.1) is 17.8 Å². The molecular formula is C17H24N2O3S. The van der Waals surface area contributed by atoms with E-state index >= 15 is 0 Å². The first kappa shape index (κ1) is 16.5. The van der Waals surface area contributed by atoms with Crippen molar-refractivity contribution in [2.75, 3.05) is 13.2 Å². The van der Waals surface area contributed by atoms with Gasteiger partial charge in [-0.2, -0.15) is 11.3 Å². The molecular weight excluding hydrogens is 312 g/mol. The van der Waals surface area contributed by atoms with Gasteiger partial charge in [-0.1, -0.05) is 0 Å². The Balaban J connectivity index is 1.36. The van der Waals surface area contributed by atoms with E-state index in [1.807, 2.05) is 10.8 Å². The molecule has 3 rings (SSSR count). The van der Waals surface area contributed by atoms with E-state index in [4.69, 9.17) is 0 Å². The Bertz CT molecular complexity index is 546. The van der Waals surface area contributed by atoms with Gasteiger partial charge in [-0.25, -0.2) is 0 Å². The summed E-state index contributed by atoms with van der Waals surface area (Å²) in [5.41, 5.74) is 0.673. The van der Waals surface area contributed by atoms with Crippen molar-refractivity contribution in [2.24, 2.45) is 17.8 Å². The van der Waals surface area contributed by atoms with E-state index in [1.165, 1.54) is 24.2 Å². The molecule has 2 amide bonds. The van der Waals surface area contributed by atoms with E-state index in [0.29, 0.717) is 36.8 Å². The summed E-state index contributed by atoms with van der Waals surface area (Å²) in [5, 5.41) is 19.2. The molecule has 2 fully saturated rings. The van der Waals surface area contributed by atoms with Crippen molar-refractivity contribution in [1.82, 2.24) is 10.6 Å². The van der Waals surface area contributed by atoms with E-state index in [0.717, 1.165) is 6.42 Å². The molecule has 1 heterocycles. The Kier molecular flexibility index (Phi) is 5.33. The van der Waals surface area contributed by atoms with Gasteiger partial charge in [-0.15, -0.1) is 0 Å². The van der Waals surface area contributed by atoms with Gasteiger partial charge in [0.05, 0.1) is 0 Å². The number of aliphatic hydroxyl groups excluding tert-OH is 1. The fourth-order valence-corrected chi connectivity index (χ4v) is 4.74. The highest BCUT2D eigenvalue weighted by atomic mass is 32.1. The van der Waals surface area contributed by atoms with Crippen LogP contribution in [0.25, 0.3) is 0 Å². The molecule has 6 heteroatoms. The van der Waals surface area contributed by atoms with Crippen molar-refractivity contribution in [3.63, 3.8) is 0 Å². The zero-order chi connectivity index (χ0) is 16.2. The molecule has 4 atom stereocenters. The van der Waals surface area contributed by atoms with Crippen LogP contribution >= 0.6 is 11.3 Å². The van der Waals surface area contributed by atoms with Crippen LogP contribution < -0.4 is 10.6 Å². The number of carbonyl (C=O) groups is 2. The molecule has 3 N–H and O–H groups in total. The van der Waals surface area contributed by atoms with Gasteiger partial charge in [0.1, 0.15) is 0 Å². The van der Waals surface area contributed by atoms with Gasteiger partial charge in [0.2, 0.25) is 5.91 Å². The Morgan fingerprint density at radius 2 is 2.13 bits per heavy atom. The Morgan fingerprint density at radius 1 is 1.30 bits per heavy atom. The second kappa shape index (κ2) is 7.45. The first-order valence-electron chi connectivity index (χ1n) is 8.39. The number of thiophene rings is 1. The molecule has 2 saturated carbocycles. The minimum atomic E-state index is -0.0832. The number of carbonyl (C=O) groups excluding carboxylic acids is 2. The zero-order valence-corrected chi connectivity index (χ0v) is 14.0. The summed E-state index contributed by atoms with van der Waals surface area (Å²) in [6, 6.07) is 1.93. The summed E-state index contributed by atoms with van der Waals surface area (Å²) in [6.45, 7) is 0.672. The van der Waals surface area contributed by atoms with Crippen LogP contribution in [0.2, 0.25) is 0 Å². The van der Waals surface area contributed by atoms with Crippen LogP contribution in [0.3, 0.4) is 0 Å². The molecule has 1 aromatic rings. The molecule has 126 valence electrons. The van der Waals surface area contributed by atoms with Crippen molar-refractivity contribution in [2.45, 2.75) is 38.1 Å². The predicted molar refractivity (Wildman–Crippen MR) is 89.2 cm³/mol. The second-order valence-corrected chi connectivity index (χ2v) is 7.42. The number of hydrogen-bond donors (Lipinski definition) is 3. The average molecular weight is 336 g/mol. The van der Waals surface area contributed by atoms with Crippen LogP contribution in [0.4, 0.5) is 0 Å². The van der Waals surface area contributed by atoms with E-state index in [-0.39, 0.29) is 30.4 Å². The van der Waals surface area contributed by atoms with Crippen molar-refractivity contribution >= 4 is 23.2 Å². The molecule has 23 heavy (non-hydrogen) atoms. The highest BCUT2D eigenvalue weighted by Gasteiger charge is 2.47. The Morgan fingerprint density at radius 3 is 2.87 bits per heavy atom. The van der Waals surface area contributed by atoms with Gasteiger partial charge in [0.15, 0.2) is 0 Å². The monoisotopic (exact) mass is 336 g/mol. The maximum atomic E-state index is 12.1. The van der Waals surface area contributed by atoms with Crippen LogP contribution in [0.1, 0.15) is 42.5 Å². The smallest absolute Gasteiger partial charge is 0.252 e. The lowest BCUT2D eigenvalue weighted by Gasteiger charge is -2.30. The number of nitrogens with one attached hydrogen (secondary N) is 2. The van der Waals surface area contributed by atoms with Crippen LogP contribution in [0.5, 0.6) is 0 Å². The number of aliphatic hydroxyl groups is 1. The maximum Gasteiger partial charge on any atom is 0.252 e. The van der Waals surface area contributed by atoms with Crippen LogP contribution in [-0.4, -0.2) is 36.1 Å². The molecule has 4 unspecified atom stereocenters. The van der Waals surface area contributed by atoms with Crippen molar-refractivity contribution in [3.05, 3.63) is 22.4 Å². The summed E-state index contributed by atoms with van der Waals surface area (Å²) >= 11 is 1.49. The maximum absolute atomic E-state index is 12.1. The molecule has 1 aromatic heterocycles. The summed E-state index contributed by atoms with van der Waals surface area (Å²) in [7, 11) is 0. The van der Waals surface area contributed by atoms with Gasteiger partial charge in [0, 0.05) is 42.5 Å². The molecule has 2 aliphatic rings. The van der Waals surface area contributed by atoms with Gasteiger partial charge in [0.25, 0.3) is 5.91 Å². The van der Waals surface area contributed by atoms with Crippen LogP contribution in [-0.2, 0) is 4.79 Å². The lowest BCUT2D eigenvalue weighted by molar-refractivity contribution is -0.122. The molecule has 0 aromatic carbocycles. The summed E-state index contributed by atoms with van der Waals surface area (Å²) < 4.78 is 0. The van der Waals surface area contributed by atoms with Gasteiger partial charge in [-0.05, 0) is 49.0 Å². The normalized spacial score (nSPS) is 28.7. The van der Waals surface area contributed by atoms with Crippen molar-refractivity contribution in [1.29, 1.82) is 0 Å². The first-order valence-corrected chi connectivity index (χ1v) is 9.34. The van der Waals surface area contributed by atoms with Gasteiger partial charge >= 0.3 is 0 Å². The third-order valence-electron chi connectivity index (χ3n) is 5.28. The third-order valence-corrected chi connectivity index (χ3v) is 5.96. The number of amides is 2. The second-order valence-electron chi connectivity index (χ2n) is 6.64. The van der Waals surface area contributed by atoms with Crippen molar-refractivity contribution in [3.8, 4) is 0 Å². The molecule has 0 spiro atoms. The molecule has 5 nitrogen and oxygen atoms in total. The number of hydrogen-bond acceptors (Lipinski definition) is 4. The molecule has 2 aliphatic carbocycles. The first-order chi connectivity index (χ1) is 11.2. The fourth-order valence-electron chi connectivity index (χ4n) is 4.10. The van der Waals surface area contributed by atoms with Crippen LogP contribution in [0.15, 0.2) is 16.8 Å². The molecule has 0 radical (unpaired) electrons. The largest absolute Gasteiger partial charge is 0.396 e. The summed E-state index contributed by atoms with van der Waals surface area (Å²) in [4.78, 5) is 23.9. The highest BCUT2D eigenvalue weighted by molar-refractivity contribution is 7.08. The SMILES string of the molecule is O=C(CCCNC(=O)c1ccsc1)NC1C2CCC(C2)C1CO. The van der Waals surface area contributed by atoms with E-state index in [1.54, 1.807) is 6.07 Å². The molecule has 2 bridgehead atoms. The standard InChI is InChI=1S/C17H24N2O3S/c20-9-14-11-3-4-12(8-11)16(14)19-15(21)2-1-6-18-17(22)13-5-7-23-10-13/h5,7,10-12,14,16,20H,1-4,6,8-9H2,(H,18,22)(H,19,21). The van der Waals surface area contributed by atoms with Gasteiger partial charge < -0.3 is 15.7 Å². The minimum Gasteiger partial charge on any atom is -0.396 e. The molecule has 0 aliphatic heterocycles.